The molecule has 0 bridgehead atoms. The fourth-order valence-corrected chi connectivity index (χ4v) is 1.48. The quantitative estimate of drug-likeness (QED) is 0.586. The zero-order valence-corrected chi connectivity index (χ0v) is 8.97. The van der Waals surface area contributed by atoms with E-state index in [0.29, 0.717) is 12.5 Å². The fraction of sp³-hybridized carbons (Fsp3) is 0.909. The van der Waals surface area contributed by atoms with Crippen molar-refractivity contribution in [3.8, 4) is 6.07 Å². The summed E-state index contributed by atoms with van der Waals surface area (Å²) >= 11 is 0. The molecule has 0 aliphatic carbocycles. The number of unbranched alkanes of at least 4 members (excludes halogenated alkanes) is 1. The second-order valence-corrected chi connectivity index (χ2v) is 3.49. The van der Waals surface area contributed by atoms with Gasteiger partial charge in [-0.1, -0.05) is 33.1 Å². The zero-order chi connectivity index (χ0) is 9.94. The molecule has 0 aromatic rings. The van der Waals surface area contributed by atoms with Gasteiger partial charge in [0.25, 0.3) is 0 Å². The molecule has 76 valence electrons. The van der Waals surface area contributed by atoms with E-state index in [1.165, 1.54) is 32.1 Å². The maximum absolute atomic E-state index is 8.40. The van der Waals surface area contributed by atoms with Gasteiger partial charge in [0.15, 0.2) is 0 Å². The maximum atomic E-state index is 8.40. The summed E-state index contributed by atoms with van der Waals surface area (Å²) < 4.78 is 0. The van der Waals surface area contributed by atoms with Crippen LogP contribution in [-0.4, -0.2) is 12.6 Å². The number of nitrogens with zero attached hydrogens (tertiary/aromatic N) is 1. The third-order valence-corrected chi connectivity index (χ3v) is 2.21. The highest BCUT2D eigenvalue weighted by Crippen LogP contribution is 2.06. The molecule has 1 unspecified atom stereocenters. The largest absolute Gasteiger partial charge is 0.313 e. The van der Waals surface area contributed by atoms with E-state index in [0.717, 1.165) is 6.54 Å². The van der Waals surface area contributed by atoms with Crippen LogP contribution in [0.25, 0.3) is 0 Å². The van der Waals surface area contributed by atoms with E-state index >= 15 is 0 Å². The van der Waals surface area contributed by atoms with Crippen LogP contribution in [0.5, 0.6) is 0 Å². The average Bonchev–Trinajstić information content (AvgIpc) is 2.14. The Morgan fingerprint density at radius 2 is 2.00 bits per heavy atom. The van der Waals surface area contributed by atoms with E-state index in [-0.39, 0.29) is 0 Å². The van der Waals surface area contributed by atoms with Crippen LogP contribution in [0, 0.1) is 11.3 Å². The van der Waals surface area contributed by atoms with Crippen molar-refractivity contribution < 1.29 is 0 Å². The second kappa shape index (κ2) is 9.54. The molecule has 0 aliphatic rings. The summed E-state index contributed by atoms with van der Waals surface area (Å²) in [6.07, 6.45) is 6.92. The lowest BCUT2D eigenvalue weighted by atomic mass is 10.1. The summed E-state index contributed by atoms with van der Waals surface area (Å²) in [5.74, 6) is 0. The molecule has 0 radical (unpaired) electrons. The Balaban J connectivity index is 3.48. The van der Waals surface area contributed by atoms with Crippen LogP contribution in [0.15, 0.2) is 0 Å². The van der Waals surface area contributed by atoms with Gasteiger partial charge in [-0.15, -0.1) is 0 Å². The molecule has 2 nitrogen and oxygen atoms in total. The summed E-state index contributed by atoms with van der Waals surface area (Å²) in [5, 5.41) is 11.8. The summed E-state index contributed by atoms with van der Waals surface area (Å²) in [5.41, 5.74) is 0. The predicted molar refractivity (Wildman–Crippen MR) is 56.5 cm³/mol. The lowest BCUT2D eigenvalue weighted by Crippen LogP contribution is -2.29. The van der Waals surface area contributed by atoms with Crippen LogP contribution in [0.1, 0.15) is 52.4 Å². The molecule has 0 amide bonds. The van der Waals surface area contributed by atoms with E-state index in [1.54, 1.807) is 0 Å². The predicted octanol–water partition coefficient (Wildman–Crippen LogP) is 2.85. The van der Waals surface area contributed by atoms with Gasteiger partial charge in [-0.2, -0.15) is 5.26 Å². The van der Waals surface area contributed by atoms with Crippen molar-refractivity contribution in [2.45, 2.75) is 58.4 Å². The van der Waals surface area contributed by atoms with E-state index < -0.39 is 0 Å². The molecule has 13 heavy (non-hydrogen) atoms. The van der Waals surface area contributed by atoms with Crippen LogP contribution >= 0.6 is 0 Å². The number of hydrogen-bond donors (Lipinski definition) is 1. The topological polar surface area (TPSA) is 35.8 Å². The van der Waals surface area contributed by atoms with Crippen LogP contribution in [-0.2, 0) is 0 Å². The molecular formula is C11H22N2. The molecule has 0 rings (SSSR count). The first-order chi connectivity index (χ1) is 6.35. The van der Waals surface area contributed by atoms with Crippen molar-refractivity contribution in [3.05, 3.63) is 0 Å². The van der Waals surface area contributed by atoms with Crippen molar-refractivity contribution in [1.29, 1.82) is 5.26 Å². The maximum Gasteiger partial charge on any atom is 0.0635 e. The summed E-state index contributed by atoms with van der Waals surface area (Å²) in [7, 11) is 0. The minimum atomic E-state index is 0.631. The van der Waals surface area contributed by atoms with Crippen LogP contribution < -0.4 is 5.32 Å². The smallest absolute Gasteiger partial charge is 0.0635 e. The van der Waals surface area contributed by atoms with E-state index in [1.807, 2.05) is 0 Å². The summed E-state index contributed by atoms with van der Waals surface area (Å²) in [6, 6.07) is 2.80. The summed E-state index contributed by atoms with van der Waals surface area (Å²) in [6.45, 7) is 5.29. The lowest BCUT2D eigenvalue weighted by molar-refractivity contribution is 0.440. The second-order valence-electron chi connectivity index (χ2n) is 3.49. The van der Waals surface area contributed by atoms with Gasteiger partial charge in [0.05, 0.1) is 6.07 Å². The van der Waals surface area contributed by atoms with Gasteiger partial charge >= 0.3 is 0 Å². The molecule has 0 saturated carbocycles. The Kier molecular flexibility index (Phi) is 9.13. The van der Waals surface area contributed by atoms with Crippen LogP contribution in [0.2, 0.25) is 0 Å². The van der Waals surface area contributed by atoms with E-state index in [4.69, 9.17) is 5.26 Å². The number of rotatable bonds is 8. The van der Waals surface area contributed by atoms with E-state index in [9.17, 15) is 0 Å². The number of hydrogen-bond acceptors (Lipinski definition) is 2. The van der Waals surface area contributed by atoms with E-state index in [2.05, 4.69) is 25.2 Å². The Bertz CT molecular complexity index is 138. The van der Waals surface area contributed by atoms with Crippen molar-refractivity contribution >= 4 is 0 Å². The fourth-order valence-electron chi connectivity index (χ4n) is 1.48. The molecule has 0 aromatic heterocycles. The Hall–Kier alpha value is -0.550. The van der Waals surface area contributed by atoms with Crippen molar-refractivity contribution in [1.82, 2.24) is 5.32 Å². The first-order valence-electron chi connectivity index (χ1n) is 5.45. The molecule has 0 spiro atoms. The van der Waals surface area contributed by atoms with Crippen molar-refractivity contribution in [3.63, 3.8) is 0 Å². The average molecular weight is 182 g/mol. The minimum Gasteiger partial charge on any atom is -0.313 e. The molecule has 0 aliphatic heterocycles. The van der Waals surface area contributed by atoms with Crippen LogP contribution in [0.4, 0.5) is 0 Å². The lowest BCUT2D eigenvalue weighted by Gasteiger charge is -2.16. The molecule has 0 heterocycles. The molecule has 1 atom stereocenters. The normalized spacial score (nSPS) is 12.4. The third-order valence-electron chi connectivity index (χ3n) is 2.21. The standard InChI is InChI=1S/C11H22N2/c1-3-5-8-11(7-4-2)13-10-6-9-12/h11,13H,3-8,10H2,1-2H3. The molecule has 1 N–H and O–H groups in total. The van der Waals surface area contributed by atoms with Gasteiger partial charge in [-0.05, 0) is 12.8 Å². The van der Waals surface area contributed by atoms with Gasteiger partial charge in [0.2, 0.25) is 0 Å². The highest BCUT2D eigenvalue weighted by molar-refractivity contribution is 4.73. The van der Waals surface area contributed by atoms with Crippen molar-refractivity contribution in [2.75, 3.05) is 6.54 Å². The summed E-state index contributed by atoms with van der Waals surface area (Å²) in [4.78, 5) is 0. The van der Waals surface area contributed by atoms with Gasteiger partial charge in [-0.3, -0.25) is 0 Å². The van der Waals surface area contributed by atoms with Crippen LogP contribution in [0.3, 0.4) is 0 Å². The molecule has 2 heteroatoms. The van der Waals surface area contributed by atoms with Gasteiger partial charge < -0.3 is 5.32 Å². The highest BCUT2D eigenvalue weighted by Gasteiger charge is 2.04. The molecule has 0 saturated heterocycles. The molecule has 0 fully saturated rings. The molecular weight excluding hydrogens is 160 g/mol. The third kappa shape index (κ3) is 7.80. The SMILES string of the molecule is CCCCC(CCC)NCCC#N. The minimum absolute atomic E-state index is 0.631. The first kappa shape index (κ1) is 12.4. The van der Waals surface area contributed by atoms with Gasteiger partial charge in [0, 0.05) is 19.0 Å². The Morgan fingerprint density at radius 3 is 2.54 bits per heavy atom. The monoisotopic (exact) mass is 182 g/mol. The Labute approximate surface area is 82.3 Å². The first-order valence-corrected chi connectivity index (χ1v) is 5.45. The van der Waals surface area contributed by atoms with Crippen molar-refractivity contribution in [2.24, 2.45) is 0 Å². The molecule has 0 aromatic carbocycles. The number of nitrogens with one attached hydrogen (secondary N) is 1. The Morgan fingerprint density at radius 1 is 1.23 bits per heavy atom. The van der Waals surface area contributed by atoms with Gasteiger partial charge in [0.1, 0.15) is 0 Å². The van der Waals surface area contributed by atoms with Gasteiger partial charge in [-0.25, -0.2) is 0 Å². The number of nitriles is 1. The highest BCUT2D eigenvalue weighted by atomic mass is 14.9. The zero-order valence-electron chi connectivity index (χ0n) is 8.97.